The van der Waals surface area contributed by atoms with Crippen molar-refractivity contribution in [1.82, 2.24) is 15.3 Å². The zero-order chi connectivity index (χ0) is 20.9. The Labute approximate surface area is 170 Å². The molecule has 0 atom stereocenters. The molecular formula is C23H24N4O2. The molecule has 6 nitrogen and oxygen atoms in total. The van der Waals surface area contributed by atoms with Crippen molar-refractivity contribution in [2.24, 2.45) is 5.41 Å². The van der Waals surface area contributed by atoms with Crippen molar-refractivity contribution in [1.29, 1.82) is 0 Å². The van der Waals surface area contributed by atoms with Gasteiger partial charge in [-0.3, -0.25) is 14.6 Å². The monoisotopic (exact) mass is 388 g/mol. The summed E-state index contributed by atoms with van der Waals surface area (Å²) in [6.07, 6.45) is 3.23. The van der Waals surface area contributed by atoms with Crippen molar-refractivity contribution >= 4 is 17.6 Å². The average molecular weight is 388 g/mol. The zero-order valence-corrected chi connectivity index (χ0v) is 16.8. The van der Waals surface area contributed by atoms with Gasteiger partial charge in [0.1, 0.15) is 5.82 Å². The second-order valence-corrected chi connectivity index (χ2v) is 7.93. The molecule has 6 heteroatoms. The van der Waals surface area contributed by atoms with Crippen LogP contribution in [0.3, 0.4) is 0 Å². The second-order valence-electron chi connectivity index (χ2n) is 7.93. The zero-order valence-electron chi connectivity index (χ0n) is 16.8. The summed E-state index contributed by atoms with van der Waals surface area (Å²) >= 11 is 0. The van der Waals surface area contributed by atoms with Gasteiger partial charge in [0.2, 0.25) is 0 Å². The highest BCUT2D eigenvalue weighted by Crippen LogP contribution is 2.19. The van der Waals surface area contributed by atoms with Gasteiger partial charge in [-0.05, 0) is 41.8 Å². The van der Waals surface area contributed by atoms with Crippen molar-refractivity contribution in [2.75, 3.05) is 11.9 Å². The van der Waals surface area contributed by atoms with Crippen molar-refractivity contribution in [3.05, 3.63) is 78.1 Å². The van der Waals surface area contributed by atoms with Gasteiger partial charge in [0.05, 0.1) is 5.69 Å². The molecule has 0 fully saturated rings. The molecule has 0 saturated heterocycles. The Balaban J connectivity index is 1.70. The minimum atomic E-state index is -0.221. The van der Waals surface area contributed by atoms with Crippen molar-refractivity contribution in [3.8, 4) is 11.3 Å². The molecule has 0 bridgehead atoms. The molecule has 0 spiro atoms. The van der Waals surface area contributed by atoms with Crippen LogP contribution in [0, 0.1) is 5.41 Å². The fourth-order valence-corrected chi connectivity index (χ4v) is 2.57. The van der Waals surface area contributed by atoms with E-state index in [9.17, 15) is 9.59 Å². The van der Waals surface area contributed by atoms with Crippen LogP contribution in [-0.2, 0) is 0 Å². The highest BCUT2D eigenvalue weighted by Gasteiger charge is 2.14. The predicted octanol–water partition coefficient (Wildman–Crippen LogP) is 4.17. The molecule has 148 valence electrons. The van der Waals surface area contributed by atoms with Gasteiger partial charge in [-0.15, -0.1) is 0 Å². The first kappa shape index (κ1) is 20.2. The Morgan fingerprint density at radius 2 is 1.66 bits per heavy atom. The quantitative estimate of drug-likeness (QED) is 0.687. The molecule has 0 unspecified atom stereocenters. The first-order valence-corrected chi connectivity index (χ1v) is 9.39. The van der Waals surface area contributed by atoms with Gasteiger partial charge in [-0.25, -0.2) is 4.98 Å². The van der Waals surface area contributed by atoms with Gasteiger partial charge in [-0.1, -0.05) is 39.0 Å². The Bertz CT molecular complexity index is 993. The minimum absolute atomic E-state index is 0.00938. The van der Waals surface area contributed by atoms with Gasteiger partial charge < -0.3 is 10.6 Å². The summed E-state index contributed by atoms with van der Waals surface area (Å²) < 4.78 is 0. The van der Waals surface area contributed by atoms with Crippen LogP contribution in [0.15, 0.2) is 67.0 Å². The second kappa shape index (κ2) is 8.65. The van der Waals surface area contributed by atoms with Crippen LogP contribution in [-0.4, -0.2) is 28.3 Å². The highest BCUT2D eigenvalue weighted by atomic mass is 16.2. The third-order valence-corrected chi connectivity index (χ3v) is 4.14. The van der Waals surface area contributed by atoms with Crippen LogP contribution in [0.5, 0.6) is 0 Å². The van der Waals surface area contributed by atoms with Crippen molar-refractivity contribution < 1.29 is 9.59 Å². The van der Waals surface area contributed by atoms with E-state index >= 15 is 0 Å². The molecule has 3 rings (SSSR count). The number of anilines is 1. The summed E-state index contributed by atoms with van der Waals surface area (Å²) in [5.74, 6) is 0.0893. The summed E-state index contributed by atoms with van der Waals surface area (Å²) in [4.78, 5) is 33.2. The van der Waals surface area contributed by atoms with E-state index in [2.05, 4.69) is 41.4 Å². The third kappa shape index (κ3) is 5.72. The Kier molecular flexibility index (Phi) is 6.02. The lowest BCUT2D eigenvalue weighted by atomic mass is 9.97. The number of aromatic nitrogens is 2. The molecule has 1 aromatic carbocycles. The van der Waals surface area contributed by atoms with Gasteiger partial charge in [-0.2, -0.15) is 0 Å². The average Bonchev–Trinajstić information content (AvgIpc) is 2.73. The van der Waals surface area contributed by atoms with Crippen LogP contribution in [0.2, 0.25) is 0 Å². The van der Waals surface area contributed by atoms with E-state index in [1.54, 1.807) is 42.7 Å². The number of rotatable bonds is 5. The maximum atomic E-state index is 12.4. The molecule has 29 heavy (non-hydrogen) atoms. The van der Waals surface area contributed by atoms with E-state index in [0.717, 1.165) is 5.56 Å². The maximum Gasteiger partial charge on any atom is 0.256 e. The van der Waals surface area contributed by atoms with Crippen molar-refractivity contribution in [2.45, 2.75) is 20.8 Å². The summed E-state index contributed by atoms with van der Waals surface area (Å²) in [6, 6.07) is 15.9. The van der Waals surface area contributed by atoms with E-state index < -0.39 is 0 Å². The number of hydrogen-bond donors (Lipinski definition) is 2. The SMILES string of the molecule is CC(C)(C)CNC(=O)c1ccnc(-c2ccc(NC(=O)c3ccccc3)nc2)c1. The summed E-state index contributed by atoms with van der Waals surface area (Å²) in [5.41, 5.74) is 2.51. The van der Waals surface area contributed by atoms with Gasteiger partial charge in [0.25, 0.3) is 11.8 Å². The smallest absolute Gasteiger partial charge is 0.256 e. The summed E-state index contributed by atoms with van der Waals surface area (Å²) in [7, 11) is 0. The summed E-state index contributed by atoms with van der Waals surface area (Å²) in [5, 5.41) is 5.70. The number of hydrogen-bond acceptors (Lipinski definition) is 4. The number of nitrogens with one attached hydrogen (secondary N) is 2. The lowest BCUT2D eigenvalue weighted by Gasteiger charge is -2.18. The van der Waals surface area contributed by atoms with E-state index in [1.807, 2.05) is 24.3 Å². The number of benzene rings is 1. The van der Waals surface area contributed by atoms with E-state index in [-0.39, 0.29) is 17.2 Å². The minimum Gasteiger partial charge on any atom is -0.352 e. The number of pyridine rings is 2. The van der Waals surface area contributed by atoms with E-state index in [1.165, 1.54) is 0 Å². The predicted molar refractivity (Wildman–Crippen MR) is 114 cm³/mol. The van der Waals surface area contributed by atoms with Gasteiger partial charge in [0, 0.05) is 35.6 Å². The molecule has 2 heterocycles. The molecule has 0 saturated carbocycles. The van der Waals surface area contributed by atoms with Gasteiger partial charge in [0.15, 0.2) is 0 Å². The molecule has 2 aromatic heterocycles. The maximum absolute atomic E-state index is 12.4. The van der Waals surface area contributed by atoms with Crippen molar-refractivity contribution in [3.63, 3.8) is 0 Å². The largest absolute Gasteiger partial charge is 0.352 e. The number of amides is 2. The molecule has 2 amide bonds. The molecular weight excluding hydrogens is 364 g/mol. The third-order valence-electron chi connectivity index (χ3n) is 4.14. The van der Waals surface area contributed by atoms with Crippen LogP contribution in [0.4, 0.5) is 5.82 Å². The summed E-state index contributed by atoms with van der Waals surface area (Å²) in [6.45, 7) is 6.78. The molecule has 0 aliphatic carbocycles. The van der Waals surface area contributed by atoms with Crippen LogP contribution in [0.25, 0.3) is 11.3 Å². The molecule has 2 N–H and O–H groups in total. The van der Waals surface area contributed by atoms with Crippen LogP contribution in [0.1, 0.15) is 41.5 Å². The van der Waals surface area contributed by atoms with Crippen LogP contribution >= 0.6 is 0 Å². The first-order valence-electron chi connectivity index (χ1n) is 9.39. The topological polar surface area (TPSA) is 84.0 Å². The molecule has 3 aromatic rings. The van der Waals surface area contributed by atoms with Gasteiger partial charge >= 0.3 is 0 Å². The van der Waals surface area contributed by atoms with E-state index in [0.29, 0.717) is 29.2 Å². The van der Waals surface area contributed by atoms with Crippen LogP contribution < -0.4 is 10.6 Å². The Morgan fingerprint density at radius 3 is 2.31 bits per heavy atom. The fraction of sp³-hybridized carbons (Fsp3) is 0.217. The number of nitrogens with zero attached hydrogens (tertiary/aromatic N) is 2. The highest BCUT2D eigenvalue weighted by molar-refractivity contribution is 6.03. The lowest BCUT2D eigenvalue weighted by Crippen LogP contribution is -2.32. The molecule has 0 radical (unpaired) electrons. The fourth-order valence-electron chi connectivity index (χ4n) is 2.57. The first-order chi connectivity index (χ1) is 13.8. The Hall–Kier alpha value is -3.54. The Morgan fingerprint density at radius 1 is 0.897 bits per heavy atom. The van der Waals surface area contributed by atoms with E-state index in [4.69, 9.17) is 0 Å². The normalized spacial score (nSPS) is 11.0. The lowest BCUT2D eigenvalue weighted by molar-refractivity contribution is 0.0938. The standard InChI is InChI=1S/C23H24N4O2/c1-23(2,3)15-26-21(28)17-11-12-24-19(13-17)18-9-10-20(25-14-18)27-22(29)16-7-5-4-6-8-16/h4-14H,15H2,1-3H3,(H,26,28)(H,25,27,29). The molecule has 0 aliphatic rings. The number of carbonyl (C=O) groups is 2. The number of carbonyl (C=O) groups excluding carboxylic acids is 2. The molecule has 0 aliphatic heterocycles.